The standard InChI is InChI=1S/C18H23FO4/c19-15-6-4-14(5-7-15)18(8-11-21-12-9-18)17(20)23-13-16-3-1-2-10-22-16/h4-7,16H,1-3,8-13H2. The highest BCUT2D eigenvalue weighted by Crippen LogP contribution is 2.36. The Hall–Kier alpha value is -1.46. The van der Waals surface area contributed by atoms with Crippen molar-refractivity contribution in [1.82, 2.24) is 0 Å². The van der Waals surface area contributed by atoms with Crippen molar-refractivity contribution in [2.75, 3.05) is 26.4 Å². The Bertz CT molecular complexity index is 516. The van der Waals surface area contributed by atoms with E-state index in [1.807, 2.05) is 0 Å². The molecule has 5 heteroatoms. The van der Waals surface area contributed by atoms with Crippen molar-refractivity contribution in [3.63, 3.8) is 0 Å². The summed E-state index contributed by atoms with van der Waals surface area (Å²) in [5.41, 5.74) is 0.0671. The predicted molar refractivity (Wildman–Crippen MR) is 82.7 cm³/mol. The maximum absolute atomic E-state index is 13.2. The summed E-state index contributed by atoms with van der Waals surface area (Å²) in [5.74, 6) is -0.554. The fourth-order valence-corrected chi connectivity index (χ4v) is 3.35. The van der Waals surface area contributed by atoms with Gasteiger partial charge in [-0.05, 0) is 49.8 Å². The molecule has 4 nitrogen and oxygen atoms in total. The number of ether oxygens (including phenoxy) is 3. The molecule has 1 unspecified atom stereocenters. The number of hydrogen-bond donors (Lipinski definition) is 0. The van der Waals surface area contributed by atoms with E-state index in [9.17, 15) is 9.18 Å². The van der Waals surface area contributed by atoms with Gasteiger partial charge in [0.05, 0.1) is 11.5 Å². The maximum atomic E-state index is 13.2. The third-order valence-corrected chi connectivity index (χ3v) is 4.81. The van der Waals surface area contributed by atoms with Crippen molar-refractivity contribution < 1.29 is 23.4 Å². The van der Waals surface area contributed by atoms with Crippen LogP contribution in [0.3, 0.4) is 0 Å². The van der Waals surface area contributed by atoms with Crippen LogP contribution in [-0.2, 0) is 24.4 Å². The molecule has 2 saturated heterocycles. The van der Waals surface area contributed by atoms with E-state index in [2.05, 4.69) is 0 Å². The molecule has 0 bridgehead atoms. The lowest BCUT2D eigenvalue weighted by molar-refractivity contribution is -0.160. The Balaban J connectivity index is 1.72. The van der Waals surface area contributed by atoms with E-state index in [4.69, 9.17) is 14.2 Å². The SMILES string of the molecule is O=C(OCC1CCCCO1)C1(c2ccc(F)cc2)CCOCC1. The fraction of sp³-hybridized carbons (Fsp3) is 0.611. The zero-order valence-corrected chi connectivity index (χ0v) is 13.3. The van der Waals surface area contributed by atoms with E-state index in [1.54, 1.807) is 12.1 Å². The summed E-state index contributed by atoms with van der Waals surface area (Å²) >= 11 is 0. The summed E-state index contributed by atoms with van der Waals surface area (Å²) in [6, 6.07) is 6.15. The first-order chi connectivity index (χ1) is 11.2. The highest BCUT2D eigenvalue weighted by Gasteiger charge is 2.43. The summed E-state index contributed by atoms with van der Waals surface area (Å²) in [4.78, 5) is 12.8. The zero-order valence-electron chi connectivity index (χ0n) is 13.3. The molecule has 2 aliphatic heterocycles. The van der Waals surface area contributed by atoms with Crippen molar-refractivity contribution in [3.05, 3.63) is 35.6 Å². The average molecular weight is 322 g/mol. The van der Waals surface area contributed by atoms with Crippen LogP contribution in [0.2, 0.25) is 0 Å². The highest BCUT2D eigenvalue weighted by molar-refractivity contribution is 5.83. The molecule has 0 aliphatic carbocycles. The third-order valence-electron chi connectivity index (χ3n) is 4.81. The second-order valence-corrected chi connectivity index (χ2v) is 6.29. The number of benzene rings is 1. The van der Waals surface area contributed by atoms with Crippen LogP contribution in [0.1, 0.15) is 37.7 Å². The molecule has 0 spiro atoms. The summed E-state index contributed by atoms with van der Waals surface area (Å²) in [7, 11) is 0. The largest absolute Gasteiger partial charge is 0.462 e. The molecule has 3 rings (SSSR count). The van der Waals surface area contributed by atoms with Gasteiger partial charge in [0.15, 0.2) is 0 Å². The van der Waals surface area contributed by atoms with Gasteiger partial charge in [0.1, 0.15) is 12.4 Å². The van der Waals surface area contributed by atoms with Crippen molar-refractivity contribution in [3.8, 4) is 0 Å². The molecule has 126 valence electrons. The van der Waals surface area contributed by atoms with Gasteiger partial charge in [-0.2, -0.15) is 0 Å². The van der Waals surface area contributed by atoms with Gasteiger partial charge in [0.2, 0.25) is 0 Å². The second kappa shape index (κ2) is 7.41. The van der Waals surface area contributed by atoms with E-state index in [-0.39, 0.29) is 17.9 Å². The first-order valence-corrected chi connectivity index (χ1v) is 8.33. The van der Waals surface area contributed by atoms with Gasteiger partial charge >= 0.3 is 5.97 Å². The van der Waals surface area contributed by atoms with Crippen molar-refractivity contribution in [2.24, 2.45) is 0 Å². The van der Waals surface area contributed by atoms with E-state index >= 15 is 0 Å². The lowest BCUT2D eigenvalue weighted by atomic mass is 9.74. The van der Waals surface area contributed by atoms with Crippen molar-refractivity contribution >= 4 is 5.97 Å². The molecule has 0 aromatic heterocycles. The minimum Gasteiger partial charge on any atom is -0.462 e. The number of rotatable bonds is 4. The number of carbonyl (C=O) groups excluding carboxylic acids is 1. The Morgan fingerprint density at radius 2 is 1.91 bits per heavy atom. The molecule has 2 heterocycles. The van der Waals surface area contributed by atoms with Crippen molar-refractivity contribution in [2.45, 2.75) is 43.6 Å². The van der Waals surface area contributed by atoms with Crippen LogP contribution in [0.25, 0.3) is 0 Å². The molecule has 1 atom stereocenters. The lowest BCUT2D eigenvalue weighted by Crippen LogP contribution is -2.43. The number of carbonyl (C=O) groups is 1. The smallest absolute Gasteiger partial charge is 0.316 e. The molecule has 0 radical (unpaired) electrons. The topological polar surface area (TPSA) is 44.8 Å². The van der Waals surface area contributed by atoms with Gasteiger partial charge in [-0.1, -0.05) is 12.1 Å². The van der Waals surface area contributed by atoms with Gasteiger partial charge in [0, 0.05) is 19.8 Å². The van der Waals surface area contributed by atoms with E-state index in [0.717, 1.165) is 31.4 Å². The highest BCUT2D eigenvalue weighted by atomic mass is 19.1. The molecule has 1 aromatic rings. The van der Waals surface area contributed by atoms with Gasteiger partial charge in [-0.15, -0.1) is 0 Å². The van der Waals surface area contributed by atoms with Gasteiger partial charge < -0.3 is 14.2 Å². The van der Waals surface area contributed by atoms with Crippen LogP contribution in [0.5, 0.6) is 0 Å². The number of halogens is 1. The van der Waals surface area contributed by atoms with Gasteiger partial charge in [-0.25, -0.2) is 4.39 Å². The van der Waals surface area contributed by atoms with Crippen LogP contribution in [-0.4, -0.2) is 38.5 Å². The Labute approximate surface area is 135 Å². The quantitative estimate of drug-likeness (QED) is 0.800. The molecule has 2 aliphatic rings. The Morgan fingerprint density at radius 3 is 2.57 bits per heavy atom. The van der Waals surface area contributed by atoms with Crippen LogP contribution >= 0.6 is 0 Å². The molecular weight excluding hydrogens is 299 g/mol. The lowest BCUT2D eigenvalue weighted by Gasteiger charge is -2.36. The first kappa shape index (κ1) is 16.4. The Kier molecular flexibility index (Phi) is 5.28. The van der Waals surface area contributed by atoms with Crippen LogP contribution < -0.4 is 0 Å². The van der Waals surface area contributed by atoms with Crippen LogP contribution in [0.4, 0.5) is 4.39 Å². The monoisotopic (exact) mass is 322 g/mol. The minimum atomic E-state index is -0.735. The minimum absolute atomic E-state index is 0.00203. The molecule has 0 N–H and O–H groups in total. The number of esters is 1. The molecule has 1 aromatic carbocycles. The van der Waals surface area contributed by atoms with E-state index < -0.39 is 5.41 Å². The van der Waals surface area contributed by atoms with E-state index in [0.29, 0.717) is 32.7 Å². The van der Waals surface area contributed by atoms with Crippen LogP contribution in [0, 0.1) is 5.82 Å². The average Bonchev–Trinajstić information content (AvgIpc) is 2.61. The Morgan fingerprint density at radius 1 is 1.17 bits per heavy atom. The second-order valence-electron chi connectivity index (χ2n) is 6.29. The van der Waals surface area contributed by atoms with Crippen LogP contribution in [0.15, 0.2) is 24.3 Å². The summed E-state index contributed by atoms with van der Waals surface area (Å²) < 4.78 is 29.8. The molecule has 0 amide bonds. The molecule has 2 fully saturated rings. The fourth-order valence-electron chi connectivity index (χ4n) is 3.35. The van der Waals surface area contributed by atoms with Gasteiger partial charge in [-0.3, -0.25) is 4.79 Å². The number of hydrogen-bond acceptors (Lipinski definition) is 4. The first-order valence-electron chi connectivity index (χ1n) is 8.33. The molecule has 0 saturated carbocycles. The summed E-state index contributed by atoms with van der Waals surface area (Å²) in [6.07, 6.45) is 4.23. The summed E-state index contributed by atoms with van der Waals surface area (Å²) in [5, 5.41) is 0. The maximum Gasteiger partial charge on any atom is 0.316 e. The van der Waals surface area contributed by atoms with Crippen molar-refractivity contribution in [1.29, 1.82) is 0 Å². The van der Waals surface area contributed by atoms with Gasteiger partial charge in [0.25, 0.3) is 0 Å². The predicted octanol–water partition coefficient (Wildman–Crippen LogP) is 2.99. The molecule has 23 heavy (non-hydrogen) atoms. The zero-order chi connectivity index (χ0) is 16.1. The summed E-state index contributed by atoms with van der Waals surface area (Å²) in [6.45, 7) is 2.04. The molecular formula is C18H23FO4. The van der Waals surface area contributed by atoms with E-state index in [1.165, 1.54) is 12.1 Å². The normalized spacial score (nSPS) is 24.1. The third kappa shape index (κ3) is 3.72.